The maximum Gasteiger partial charge on any atom is 0.241 e. The number of hydrogen-bond acceptors (Lipinski definition) is 2. The first-order chi connectivity index (χ1) is 9.65. The molecule has 0 fully saturated rings. The van der Waals surface area contributed by atoms with E-state index in [1.54, 1.807) is 0 Å². The molecule has 0 aliphatic rings. The minimum atomic E-state index is -0.427. The molecule has 0 heterocycles. The van der Waals surface area contributed by atoms with Gasteiger partial charge in [0, 0.05) is 6.04 Å². The first-order valence-electron chi connectivity index (χ1n) is 7.83. The van der Waals surface area contributed by atoms with Crippen LogP contribution >= 0.6 is 0 Å². The molecule has 0 rings (SSSR count). The molecule has 0 aromatic heterocycles. The standard InChI is InChI=1S/C16H30N2O2/c1-3-5-7-9-14(11-12-16(17)20)15(18-13-19)10-8-6-4-2/h11-15H,3-10H2,1-2H3,(H2,17,20)(H,18,19). The van der Waals surface area contributed by atoms with Crippen LogP contribution < -0.4 is 11.1 Å². The number of nitrogens with two attached hydrogens (primary N) is 1. The molecule has 3 N–H and O–H groups in total. The van der Waals surface area contributed by atoms with Crippen LogP contribution in [0.2, 0.25) is 0 Å². The third-order valence-electron chi connectivity index (χ3n) is 3.57. The molecule has 116 valence electrons. The molecule has 0 saturated heterocycles. The summed E-state index contributed by atoms with van der Waals surface area (Å²) in [6.45, 7) is 4.32. The summed E-state index contributed by atoms with van der Waals surface area (Å²) in [5, 5.41) is 2.91. The van der Waals surface area contributed by atoms with E-state index in [0.717, 1.165) is 51.4 Å². The van der Waals surface area contributed by atoms with E-state index in [1.165, 1.54) is 12.5 Å². The molecule has 0 bridgehead atoms. The first-order valence-corrected chi connectivity index (χ1v) is 7.83. The Hall–Kier alpha value is -1.32. The highest BCUT2D eigenvalue weighted by Crippen LogP contribution is 2.20. The average molecular weight is 282 g/mol. The number of primary amides is 1. The van der Waals surface area contributed by atoms with Gasteiger partial charge in [0.05, 0.1) is 0 Å². The molecule has 0 aliphatic carbocycles. The molecule has 2 atom stereocenters. The topological polar surface area (TPSA) is 72.2 Å². The summed E-state index contributed by atoms with van der Waals surface area (Å²) in [4.78, 5) is 21.7. The molecule has 0 saturated carbocycles. The first kappa shape index (κ1) is 18.7. The van der Waals surface area contributed by atoms with Gasteiger partial charge < -0.3 is 11.1 Å². The van der Waals surface area contributed by atoms with Crippen molar-refractivity contribution in [2.75, 3.05) is 0 Å². The Morgan fingerprint density at radius 3 is 2.20 bits per heavy atom. The van der Waals surface area contributed by atoms with E-state index in [1.807, 2.05) is 6.08 Å². The van der Waals surface area contributed by atoms with Crippen LogP contribution in [0.4, 0.5) is 0 Å². The molecule has 0 aromatic carbocycles. The smallest absolute Gasteiger partial charge is 0.241 e. The number of rotatable bonds is 13. The summed E-state index contributed by atoms with van der Waals surface area (Å²) in [6, 6.07) is 0.103. The van der Waals surface area contributed by atoms with Gasteiger partial charge in [0.15, 0.2) is 0 Å². The Morgan fingerprint density at radius 2 is 1.70 bits per heavy atom. The van der Waals surface area contributed by atoms with E-state index in [4.69, 9.17) is 5.73 Å². The lowest BCUT2D eigenvalue weighted by atomic mass is 9.89. The van der Waals surface area contributed by atoms with E-state index < -0.39 is 5.91 Å². The fourth-order valence-electron chi connectivity index (χ4n) is 2.40. The van der Waals surface area contributed by atoms with E-state index >= 15 is 0 Å². The van der Waals surface area contributed by atoms with Crippen LogP contribution in [-0.2, 0) is 9.59 Å². The summed E-state index contributed by atoms with van der Waals surface area (Å²) in [7, 11) is 0. The van der Waals surface area contributed by atoms with Crippen molar-refractivity contribution in [1.82, 2.24) is 5.32 Å². The van der Waals surface area contributed by atoms with Gasteiger partial charge in [0.1, 0.15) is 0 Å². The van der Waals surface area contributed by atoms with Crippen LogP contribution in [0.15, 0.2) is 12.2 Å². The summed E-state index contributed by atoms with van der Waals surface area (Å²) in [5.41, 5.74) is 5.18. The molecule has 4 heteroatoms. The average Bonchev–Trinajstić information content (AvgIpc) is 2.42. The number of amides is 2. The monoisotopic (exact) mass is 282 g/mol. The highest BCUT2D eigenvalue weighted by Gasteiger charge is 2.18. The summed E-state index contributed by atoms with van der Waals surface area (Å²) in [5.74, 6) is -0.236. The molecule has 2 unspecified atom stereocenters. The fourth-order valence-corrected chi connectivity index (χ4v) is 2.40. The lowest BCUT2D eigenvalue weighted by Crippen LogP contribution is -2.34. The third kappa shape index (κ3) is 9.59. The van der Waals surface area contributed by atoms with Gasteiger partial charge in [-0.05, 0) is 24.8 Å². The lowest BCUT2D eigenvalue weighted by Gasteiger charge is -2.24. The fraction of sp³-hybridized carbons (Fsp3) is 0.750. The predicted molar refractivity (Wildman–Crippen MR) is 83.1 cm³/mol. The second kappa shape index (κ2) is 12.7. The number of nitrogens with one attached hydrogen (secondary N) is 1. The van der Waals surface area contributed by atoms with Crippen molar-refractivity contribution in [3.8, 4) is 0 Å². The SMILES string of the molecule is CCCCCC(C=CC(N)=O)C(CCCCC)NC=O. The van der Waals surface area contributed by atoms with Gasteiger partial charge in [-0.15, -0.1) is 0 Å². The molecule has 0 radical (unpaired) electrons. The van der Waals surface area contributed by atoms with E-state index in [9.17, 15) is 9.59 Å². The maximum absolute atomic E-state index is 10.9. The van der Waals surface area contributed by atoms with Gasteiger partial charge in [-0.25, -0.2) is 0 Å². The van der Waals surface area contributed by atoms with Crippen molar-refractivity contribution in [2.24, 2.45) is 11.7 Å². The summed E-state index contributed by atoms with van der Waals surface area (Å²) in [6.07, 6.45) is 12.8. The van der Waals surface area contributed by atoms with Gasteiger partial charge in [-0.3, -0.25) is 9.59 Å². The zero-order chi connectivity index (χ0) is 15.2. The van der Waals surface area contributed by atoms with Crippen LogP contribution in [-0.4, -0.2) is 18.4 Å². The molecular weight excluding hydrogens is 252 g/mol. The predicted octanol–water partition coefficient (Wildman–Crippen LogP) is 2.92. The van der Waals surface area contributed by atoms with Crippen LogP contribution in [0.3, 0.4) is 0 Å². The normalized spacial score (nSPS) is 14.1. The molecule has 0 aromatic rings. The van der Waals surface area contributed by atoms with Gasteiger partial charge in [-0.2, -0.15) is 0 Å². The number of carbonyl (C=O) groups is 2. The zero-order valence-electron chi connectivity index (χ0n) is 12.9. The minimum absolute atomic E-state index is 0.103. The largest absolute Gasteiger partial charge is 0.366 e. The molecule has 0 spiro atoms. The van der Waals surface area contributed by atoms with Crippen molar-refractivity contribution >= 4 is 12.3 Å². The van der Waals surface area contributed by atoms with E-state index in [-0.39, 0.29) is 12.0 Å². The highest BCUT2D eigenvalue weighted by molar-refractivity contribution is 5.85. The zero-order valence-corrected chi connectivity index (χ0v) is 12.9. The molecule has 4 nitrogen and oxygen atoms in total. The number of carbonyl (C=O) groups excluding carboxylic acids is 2. The van der Waals surface area contributed by atoms with Gasteiger partial charge in [-0.1, -0.05) is 58.4 Å². The lowest BCUT2D eigenvalue weighted by molar-refractivity contribution is -0.113. The van der Waals surface area contributed by atoms with E-state index in [2.05, 4.69) is 19.2 Å². The van der Waals surface area contributed by atoms with E-state index in [0.29, 0.717) is 0 Å². The Balaban J connectivity index is 4.59. The van der Waals surface area contributed by atoms with Crippen molar-refractivity contribution in [1.29, 1.82) is 0 Å². The number of hydrogen-bond donors (Lipinski definition) is 2. The Morgan fingerprint density at radius 1 is 1.10 bits per heavy atom. The number of unbranched alkanes of at least 4 members (excludes halogenated alkanes) is 4. The second-order valence-corrected chi connectivity index (χ2v) is 5.31. The van der Waals surface area contributed by atoms with Crippen LogP contribution in [0, 0.1) is 5.92 Å². The summed E-state index contributed by atoms with van der Waals surface area (Å²) < 4.78 is 0. The van der Waals surface area contributed by atoms with Crippen LogP contribution in [0.25, 0.3) is 0 Å². The van der Waals surface area contributed by atoms with Gasteiger partial charge in [0.2, 0.25) is 12.3 Å². The Bertz CT molecular complexity index is 290. The van der Waals surface area contributed by atoms with Crippen molar-refractivity contribution in [3.05, 3.63) is 12.2 Å². The second-order valence-electron chi connectivity index (χ2n) is 5.31. The third-order valence-corrected chi connectivity index (χ3v) is 3.57. The van der Waals surface area contributed by atoms with Crippen LogP contribution in [0.1, 0.15) is 65.2 Å². The highest BCUT2D eigenvalue weighted by atomic mass is 16.1. The summed E-state index contributed by atoms with van der Waals surface area (Å²) >= 11 is 0. The van der Waals surface area contributed by atoms with Crippen molar-refractivity contribution < 1.29 is 9.59 Å². The van der Waals surface area contributed by atoms with Crippen molar-refractivity contribution in [2.45, 2.75) is 71.3 Å². The molecular formula is C16H30N2O2. The molecule has 0 aliphatic heterocycles. The molecule has 20 heavy (non-hydrogen) atoms. The Kier molecular flexibility index (Phi) is 11.9. The maximum atomic E-state index is 10.9. The van der Waals surface area contributed by atoms with Crippen molar-refractivity contribution in [3.63, 3.8) is 0 Å². The molecule has 2 amide bonds. The van der Waals surface area contributed by atoms with Crippen LogP contribution in [0.5, 0.6) is 0 Å². The van der Waals surface area contributed by atoms with Gasteiger partial charge in [0.25, 0.3) is 0 Å². The van der Waals surface area contributed by atoms with Gasteiger partial charge >= 0.3 is 0 Å². The quantitative estimate of drug-likeness (QED) is 0.310. The minimum Gasteiger partial charge on any atom is -0.366 e. The Labute approximate surface area is 123 Å².